The van der Waals surface area contributed by atoms with Crippen LogP contribution in [0.4, 0.5) is 5.13 Å². The van der Waals surface area contributed by atoms with Crippen molar-refractivity contribution in [3.63, 3.8) is 0 Å². The van der Waals surface area contributed by atoms with Crippen molar-refractivity contribution in [2.45, 2.75) is 13.8 Å². The quantitative estimate of drug-likeness (QED) is 0.781. The minimum atomic E-state index is -0.187. The zero-order chi connectivity index (χ0) is 15.0. The summed E-state index contributed by atoms with van der Waals surface area (Å²) in [6, 6.07) is 9.45. The molecule has 0 aliphatic carbocycles. The summed E-state index contributed by atoms with van der Waals surface area (Å²) in [5.41, 5.74) is 8.42. The predicted molar refractivity (Wildman–Crippen MR) is 82.6 cm³/mol. The molecule has 0 aliphatic heterocycles. The van der Waals surface area contributed by atoms with Gasteiger partial charge in [-0.1, -0.05) is 23.5 Å². The van der Waals surface area contributed by atoms with Crippen LogP contribution in [0.2, 0.25) is 0 Å². The summed E-state index contributed by atoms with van der Waals surface area (Å²) >= 11 is 1.15. The molecule has 0 atom stereocenters. The molecule has 0 fully saturated rings. The molecule has 0 bridgehead atoms. The van der Waals surface area contributed by atoms with Gasteiger partial charge in [-0.05, 0) is 31.5 Å². The molecule has 7 heteroatoms. The van der Waals surface area contributed by atoms with Gasteiger partial charge in [0.15, 0.2) is 10.7 Å². The fourth-order valence-corrected chi connectivity index (χ4v) is 2.65. The maximum atomic E-state index is 12.1. The lowest BCUT2D eigenvalue weighted by atomic mass is 10.2. The van der Waals surface area contributed by atoms with Crippen molar-refractivity contribution in [1.29, 1.82) is 0 Å². The summed E-state index contributed by atoms with van der Waals surface area (Å²) in [5.74, 6) is 0. The molecular weight excluding hydrogens is 286 g/mol. The van der Waals surface area contributed by atoms with Gasteiger partial charge in [0.25, 0.3) is 0 Å². The van der Waals surface area contributed by atoms with Crippen molar-refractivity contribution in [2.24, 2.45) is 0 Å². The van der Waals surface area contributed by atoms with Crippen LogP contribution in [0.3, 0.4) is 0 Å². The summed E-state index contributed by atoms with van der Waals surface area (Å²) < 4.78 is 1.72. The lowest BCUT2D eigenvalue weighted by Gasteiger charge is -2.10. The second-order valence-electron chi connectivity index (χ2n) is 4.69. The number of nitrogens with two attached hydrogens (primary N) is 1. The molecule has 21 heavy (non-hydrogen) atoms. The molecule has 2 N–H and O–H groups in total. The summed E-state index contributed by atoms with van der Waals surface area (Å²) in [6.07, 6.45) is 0. The predicted octanol–water partition coefficient (Wildman–Crippen LogP) is 1.95. The molecule has 0 saturated heterocycles. The van der Waals surface area contributed by atoms with E-state index < -0.39 is 0 Å². The van der Waals surface area contributed by atoms with Crippen molar-refractivity contribution in [2.75, 3.05) is 5.73 Å². The molecule has 3 aromatic rings. The number of anilines is 1. The SMILES string of the molecule is Cc1cccc(-n2nc(-c3nnc(N)s3)c(=O)cc2C)c1. The third-order valence-corrected chi connectivity index (χ3v) is 3.76. The van der Waals surface area contributed by atoms with Crippen LogP contribution in [0.5, 0.6) is 0 Å². The van der Waals surface area contributed by atoms with Gasteiger partial charge >= 0.3 is 0 Å². The van der Waals surface area contributed by atoms with E-state index >= 15 is 0 Å². The molecule has 0 spiro atoms. The highest BCUT2D eigenvalue weighted by Crippen LogP contribution is 2.21. The van der Waals surface area contributed by atoms with Gasteiger partial charge in [0.2, 0.25) is 10.6 Å². The lowest BCUT2D eigenvalue weighted by Crippen LogP contribution is -2.16. The van der Waals surface area contributed by atoms with Crippen LogP contribution in [0.25, 0.3) is 16.4 Å². The summed E-state index contributed by atoms with van der Waals surface area (Å²) in [4.78, 5) is 12.1. The molecule has 2 heterocycles. The van der Waals surface area contributed by atoms with Crippen LogP contribution < -0.4 is 11.2 Å². The fraction of sp³-hybridized carbons (Fsp3) is 0.143. The van der Waals surface area contributed by atoms with E-state index in [1.807, 2.05) is 38.1 Å². The number of aromatic nitrogens is 4. The lowest BCUT2D eigenvalue weighted by molar-refractivity contribution is 0.803. The number of aryl methyl sites for hydroxylation is 2. The first kappa shape index (κ1) is 13.4. The number of nitrogens with zero attached hydrogens (tertiary/aromatic N) is 4. The van der Waals surface area contributed by atoms with Gasteiger partial charge in [-0.2, -0.15) is 5.10 Å². The Morgan fingerprint density at radius 1 is 1.19 bits per heavy atom. The van der Waals surface area contributed by atoms with E-state index in [4.69, 9.17) is 5.73 Å². The Morgan fingerprint density at radius 3 is 2.67 bits per heavy atom. The summed E-state index contributed by atoms with van der Waals surface area (Å²) in [5, 5.41) is 12.8. The van der Waals surface area contributed by atoms with Gasteiger partial charge < -0.3 is 5.73 Å². The van der Waals surface area contributed by atoms with E-state index in [1.54, 1.807) is 10.7 Å². The molecule has 0 unspecified atom stereocenters. The molecule has 106 valence electrons. The monoisotopic (exact) mass is 299 g/mol. The first-order valence-electron chi connectivity index (χ1n) is 6.32. The highest BCUT2D eigenvalue weighted by molar-refractivity contribution is 7.18. The van der Waals surface area contributed by atoms with Crippen LogP contribution in [-0.2, 0) is 0 Å². The maximum Gasteiger partial charge on any atom is 0.210 e. The average Bonchev–Trinajstić information content (AvgIpc) is 2.85. The molecular formula is C14H13N5OS. The van der Waals surface area contributed by atoms with Crippen LogP contribution in [0, 0.1) is 13.8 Å². The molecule has 3 rings (SSSR count). The van der Waals surface area contributed by atoms with Crippen LogP contribution in [0.1, 0.15) is 11.3 Å². The van der Waals surface area contributed by atoms with Crippen LogP contribution in [0.15, 0.2) is 35.1 Å². The Labute approximate surface area is 124 Å². The standard InChI is InChI=1S/C14H13N5OS/c1-8-4-3-5-10(6-8)19-9(2)7-11(20)12(18-19)13-16-17-14(15)21-13/h3-7H,1-2H3,(H2,15,17). The first-order chi connectivity index (χ1) is 10.0. The van der Waals surface area contributed by atoms with Gasteiger partial charge in [-0.15, -0.1) is 10.2 Å². The van der Waals surface area contributed by atoms with Crippen molar-refractivity contribution < 1.29 is 0 Å². The molecule has 0 aliphatic rings. The Bertz CT molecular complexity index is 868. The molecule has 0 saturated carbocycles. The Balaban J connectivity index is 2.21. The smallest absolute Gasteiger partial charge is 0.210 e. The van der Waals surface area contributed by atoms with E-state index in [0.29, 0.717) is 10.1 Å². The van der Waals surface area contributed by atoms with Gasteiger partial charge in [-0.25, -0.2) is 4.68 Å². The van der Waals surface area contributed by atoms with Gasteiger partial charge in [0.1, 0.15) is 0 Å². The minimum absolute atomic E-state index is 0.187. The zero-order valence-corrected chi connectivity index (χ0v) is 12.4. The number of hydrogen-bond donors (Lipinski definition) is 1. The second kappa shape index (κ2) is 5.10. The number of nitrogen functional groups attached to an aromatic ring is 1. The number of hydrogen-bond acceptors (Lipinski definition) is 6. The average molecular weight is 299 g/mol. The van der Waals surface area contributed by atoms with E-state index in [2.05, 4.69) is 15.3 Å². The largest absolute Gasteiger partial charge is 0.374 e. The van der Waals surface area contributed by atoms with E-state index in [-0.39, 0.29) is 11.1 Å². The Hall–Kier alpha value is -2.54. The summed E-state index contributed by atoms with van der Waals surface area (Å²) in [7, 11) is 0. The third kappa shape index (κ3) is 2.55. The molecule has 0 amide bonds. The highest BCUT2D eigenvalue weighted by atomic mass is 32.1. The molecule has 1 aromatic carbocycles. The fourth-order valence-electron chi connectivity index (χ4n) is 2.05. The summed E-state index contributed by atoms with van der Waals surface area (Å²) in [6.45, 7) is 3.85. The van der Waals surface area contributed by atoms with E-state index in [1.165, 1.54) is 0 Å². The zero-order valence-electron chi connectivity index (χ0n) is 11.6. The highest BCUT2D eigenvalue weighted by Gasteiger charge is 2.13. The van der Waals surface area contributed by atoms with Gasteiger partial charge in [0, 0.05) is 11.8 Å². The Kier molecular flexibility index (Phi) is 3.26. The topological polar surface area (TPSA) is 86.7 Å². The van der Waals surface area contributed by atoms with E-state index in [9.17, 15) is 4.79 Å². The molecule has 6 nitrogen and oxygen atoms in total. The minimum Gasteiger partial charge on any atom is -0.374 e. The second-order valence-corrected chi connectivity index (χ2v) is 5.70. The first-order valence-corrected chi connectivity index (χ1v) is 7.13. The normalized spacial score (nSPS) is 10.8. The van der Waals surface area contributed by atoms with Crippen LogP contribution >= 0.6 is 11.3 Å². The molecule has 0 radical (unpaired) electrons. The number of benzene rings is 1. The Morgan fingerprint density at radius 2 is 2.00 bits per heavy atom. The van der Waals surface area contributed by atoms with E-state index in [0.717, 1.165) is 28.3 Å². The van der Waals surface area contributed by atoms with Crippen LogP contribution in [-0.4, -0.2) is 20.0 Å². The molecule has 2 aromatic heterocycles. The third-order valence-electron chi connectivity index (χ3n) is 3.00. The van der Waals surface area contributed by atoms with Crippen molar-refractivity contribution in [3.8, 4) is 16.4 Å². The van der Waals surface area contributed by atoms with Crippen molar-refractivity contribution >= 4 is 16.5 Å². The van der Waals surface area contributed by atoms with Crippen molar-refractivity contribution in [3.05, 3.63) is 51.8 Å². The van der Waals surface area contributed by atoms with Gasteiger partial charge in [-0.3, -0.25) is 4.79 Å². The van der Waals surface area contributed by atoms with Crippen molar-refractivity contribution in [1.82, 2.24) is 20.0 Å². The maximum absolute atomic E-state index is 12.1. The number of rotatable bonds is 2. The van der Waals surface area contributed by atoms with Gasteiger partial charge in [0.05, 0.1) is 5.69 Å².